The molecule has 7 heteroatoms. The molecule has 0 amide bonds. The number of esters is 1. The van der Waals surface area contributed by atoms with Crippen molar-refractivity contribution in [1.82, 2.24) is 0 Å². The van der Waals surface area contributed by atoms with Gasteiger partial charge in [0, 0.05) is 14.2 Å². The minimum Gasteiger partial charge on any atom is -0.467 e. The van der Waals surface area contributed by atoms with E-state index >= 15 is 0 Å². The van der Waals surface area contributed by atoms with E-state index in [2.05, 4.69) is 14.0 Å². The molecule has 0 spiro atoms. The van der Waals surface area contributed by atoms with Crippen LogP contribution in [0.2, 0.25) is 0 Å². The maximum absolute atomic E-state index is 12.8. The van der Waals surface area contributed by atoms with Crippen molar-refractivity contribution in [1.29, 1.82) is 0 Å². The summed E-state index contributed by atoms with van der Waals surface area (Å²) < 4.78 is 36.1. The molecule has 0 heterocycles. The average molecular weight is 200 g/mol. The molecule has 0 bridgehead atoms. The first kappa shape index (κ1) is 11.6. The third kappa shape index (κ3) is 2.55. The molecule has 0 saturated carbocycles. The number of ether oxygens (including phenoxy) is 2. The van der Waals surface area contributed by atoms with Gasteiger partial charge in [-0.05, 0) is 0 Å². The van der Waals surface area contributed by atoms with E-state index in [-0.39, 0.29) is 0 Å². The van der Waals surface area contributed by atoms with Crippen LogP contribution < -0.4 is 0 Å². The number of carbonyl (C=O) groups excluding carboxylic acids is 1. The van der Waals surface area contributed by atoms with E-state index in [0.717, 1.165) is 21.3 Å². The van der Waals surface area contributed by atoms with Crippen molar-refractivity contribution in [2.24, 2.45) is 0 Å². The van der Waals surface area contributed by atoms with Crippen LogP contribution in [0.4, 0.5) is 4.20 Å². The summed E-state index contributed by atoms with van der Waals surface area (Å²) in [5.41, 5.74) is 0. The molecule has 0 aromatic heterocycles. The molecule has 0 aliphatic rings. The Kier molecular flexibility index (Phi) is 4.37. The van der Waals surface area contributed by atoms with Crippen molar-refractivity contribution in [2.75, 3.05) is 21.3 Å². The fraction of sp³-hybridized carbons (Fsp3) is 0.800. The van der Waals surface area contributed by atoms with Crippen LogP contribution in [0.1, 0.15) is 0 Å². The number of hydrogen-bond acceptors (Lipinski definition) is 5. The van der Waals surface area contributed by atoms with Crippen molar-refractivity contribution in [3.63, 3.8) is 0 Å². The average Bonchev–Trinajstić information content (AvgIpc) is 2.05. The van der Waals surface area contributed by atoms with E-state index < -0.39 is 19.5 Å². The normalized spacial score (nSPS) is 18.0. The quantitative estimate of drug-likeness (QED) is 0.499. The van der Waals surface area contributed by atoms with Crippen LogP contribution in [-0.2, 0) is 23.4 Å². The fourth-order valence-corrected chi connectivity index (χ4v) is 1.35. The zero-order chi connectivity index (χ0) is 9.78. The molecule has 0 N–H and O–H groups in total. The molecule has 0 aromatic rings. The summed E-state index contributed by atoms with van der Waals surface area (Å²) in [4.78, 5) is 10.7. The largest absolute Gasteiger partial charge is 0.467 e. The Balaban J connectivity index is 4.55. The number of halogens is 1. The molecule has 0 saturated heterocycles. The molecular formula is C5H10FO5P. The molecule has 0 rings (SSSR count). The monoisotopic (exact) mass is 200 g/mol. The molecule has 12 heavy (non-hydrogen) atoms. The Morgan fingerprint density at radius 1 is 1.42 bits per heavy atom. The molecule has 0 aliphatic heterocycles. The summed E-state index contributed by atoms with van der Waals surface area (Å²) in [6.07, 6.45) is 0. The number of hydrogen-bond donors (Lipinski definition) is 0. The van der Waals surface area contributed by atoms with Crippen molar-refractivity contribution >= 4 is 13.6 Å². The second kappa shape index (κ2) is 4.54. The van der Waals surface area contributed by atoms with Crippen LogP contribution in [0, 0.1) is 0 Å². The maximum Gasteiger partial charge on any atom is 0.406 e. The Hall–Kier alpha value is -0.450. The summed E-state index contributed by atoms with van der Waals surface area (Å²) in [5.74, 6) is -2.86. The first-order chi connectivity index (χ1) is 5.49. The van der Waals surface area contributed by atoms with E-state index in [1.54, 1.807) is 0 Å². The molecule has 0 aromatic carbocycles. The highest BCUT2D eigenvalue weighted by molar-refractivity contribution is 7.55. The topological polar surface area (TPSA) is 61.8 Å². The van der Waals surface area contributed by atoms with Gasteiger partial charge in [-0.3, -0.25) is 4.57 Å². The zero-order valence-electron chi connectivity index (χ0n) is 6.94. The predicted molar refractivity (Wildman–Crippen MR) is 38.5 cm³/mol. The lowest BCUT2D eigenvalue weighted by Gasteiger charge is -2.14. The lowest BCUT2D eigenvalue weighted by atomic mass is 10.7. The van der Waals surface area contributed by atoms with Gasteiger partial charge in [0.25, 0.3) is 5.85 Å². The summed E-state index contributed by atoms with van der Waals surface area (Å²) >= 11 is 0. The number of methoxy groups -OCH3 is 2. The lowest BCUT2D eigenvalue weighted by molar-refractivity contribution is -0.148. The molecule has 0 aliphatic carbocycles. The van der Waals surface area contributed by atoms with Gasteiger partial charge < -0.3 is 14.0 Å². The van der Waals surface area contributed by atoms with E-state index in [9.17, 15) is 13.6 Å². The molecule has 0 radical (unpaired) electrons. The van der Waals surface area contributed by atoms with Gasteiger partial charge in [0.2, 0.25) is 0 Å². The smallest absolute Gasteiger partial charge is 0.406 e. The first-order valence-corrected chi connectivity index (χ1v) is 4.53. The molecule has 0 fully saturated rings. The molecule has 5 nitrogen and oxygen atoms in total. The van der Waals surface area contributed by atoms with Gasteiger partial charge in [-0.15, -0.1) is 0 Å². The third-order valence-corrected chi connectivity index (χ3v) is 2.63. The Morgan fingerprint density at radius 3 is 2.17 bits per heavy atom. The van der Waals surface area contributed by atoms with Crippen LogP contribution in [0.5, 0.6) is 0 Å². The van der Waals surface area contributed by atoms with Crippen molar-refractivity contribution in [3.8, 4) is 0 Å². The summed E-state index contributed by atoms with van der Waals surface area (Å²) in [6, 6.07) is 0. The first-order valence-electron chi connectivity index (χ1n) is 2.95. The highest BCUT2D eigenvalue weighted by Gasteiger charge is 2.41. The van der Waals surface area contributed by atoms with Crippen LogP contribution in [0.15, 0.2) is 0 Å². The highest BCUT2D eigenvalue weighted by atomic mass is 31.2. The van der Waals surface area contributed by atoms with Gasteiger partial charge in [0.1, 0.15) is 0 Å². The minimum atomic E-state index is -4.55. The summed E-state index contributed by atoms with van der Waals surface area (Å²) in [6.45, 7) is 0. The van der Waals surface area contributed by atoms with Crippen LogP contribution in [-0.4, -0.2) is 33.1 Å². The second-order valence-electron chi connectivity index (χ2n) is 1.81. The molecule has 2 atom stereocenters. The van der Waals surface area contributed by atoms with E-state index in [0.29, 0.717) is 0 Å². The highest BCUT2D eigenvalue weighted by Crippen LogP contribution is 2.53. The predicted octanol–water partition coefficient (Wildman–Crippen LogP) is 0.941. The third-order valence-electron chi connectivity index (χ3n) is 1.16. The SMILES string of the molecule is COC(=O)C(OC)P(=O)(F)OC. The molecular weight excluding hydrogens is 190 g/mol. The number of rotatable bonds is 4. The maximum atomic E-state index is 12.8. The van der Waals surface area contributed by atoms with E-state index in [1.165, 1.54) is 0 Å². The van der Waals surface area contributed by atoms with E-state index in [1.807, 2.05) is 0 Å². The second-order valence-corrected chi connectivity index (χ2v) is 3.69. The molecule has 2 unspecified atom stereocenters. The Bertz CT molecular complexity index is 206. The van der Waals surface area contributed by atoms with Crippen LogP contribution in [0.25, 0.3) is 0 Å². The van der Waals surface area contributed by atoms with Gasteiger partial charge in [-0.25, -0.2) is 4.79 Å². The van der Waals surface area contributed by atoms with Gasteiger partial charge in [0.15, 0.2) is 0 Å². The van der Waals surface area contributed by atoms with Crippen LogP contribution in [0.3, 0.4) is 0 Å². The fourth-order valence-electron chi connectivity index (χ4n) is 0.545. The van der Waals surface area contributed by atoms with Gasteiger partial charge in [-0.1, -0.05) is 0 Å². The van der Waals surface area contributed by atoms with Gasteiger partial charge >= 0.3 is 13.6 Å². The Morgan fingerprint density at radius 2 is 1.92 bits per heavy atom. The summed E-state index contributed by atoms with van der Waals surface area (Å²) in [5, 5.41) is 0. The summed E-state index contributed by atoms with van der Waals surface area (Å²) in [7, 11) is -1.60. The van der Waals surface area contributed by atoms with Gasteiger partial charge in [-0.2, -0.15) is 4.20 Å². The lowest BCUT2D eigenvalue weighted by Crippen LogP contribution is -2.23. The zero-order valence-corrected chi connectivity index (χ0v) is 7.84. The van der Waals surface area contributed by atoms with Crippen molar-refractivity contribution in [3.05, 3.63) is 0 Å². The minimum absolute atomic E-state index is 0.885. The van der Waals surface area contributed by atoms with Crippen LogP contribution >= 0.6 is 7.68 Å². The standard InChI is InChI=1S/C5H10FO5P/c1-9-4(7)5(10-2)12(6,8)11-3/h5H,1-3H3. The van der Waals surface area contributed by atoms with E-state index in [4.69, 9.17) is 0 Å². The molecule has 72 valence electrons. The van der Waals surface area contributed by atoms with Crippen molar-refractivity contribution < 1.29 is 27.6 Å². The van der Waals surface area contributed by atoms with Gasteiger partial charge in [0.05, 0.1) is 7.11 Å². The van der Waals surface area contributed by atoms with Crippen molar-refractivity contribution in [2.45, 2.75) is 5.85 Å². The number of carbonyl (C=O) groups is 1. The Labute approximate surface area is 69.4 Å².